The Morgan fingerprint density at radius 1 is 0.854 bits per heavy atom. The Balaban J connectivity index is 1.62. The number of carbonyl (C=O) groups excluding carboxylic acids is 1. The van der Waals surface area contributed by atoms with Crippen molar-refractivity contribution >= 4 is 24.7 Å². The van der Waals surface area contributed by atoms with Crippen molar-refractivity contribution in [3.8, 4) is 0 Å². The van der Waals surface area contributed by atoms with Gasteiger partial charge in [-0.2, -0.15) is 0 Å². The lowest BCUT2D eigenvalue weighted by Gasteiger charge is -2.47. The second-order valence-corrected chi connectivity index (χ2v) is 19.1. The van der Waals surface area contributed by atoms with E-state index in [0.717, 1.165) is 10.4 Å². The summed E-state index contributed by atoms with van der Waals surface area (Å²) < 4.78 is 46.0. The lowest BCUT2D eigenvalue weighted by molar-refractivity contribution is -0.261. The number of fused-ring (bicyclic) bond motifs is 3. The largest absolute Gasteiger partial charge is 0.458 e. The SMILES string of the molecule is C=CCN(CC=C)[C@@H](CO[Si](c1ccccc1)(c1ccccc1)C(C)(C)C)[C@H](OC(C)=O)[C@H]1O[C@@H]2OC(C)(C)O[C@@H]2[C@H]2OC(C)(C)O[C@@H]12. The Kier molecular flexibility index (Phi) is 10.9. The van der Waals surface area contributed by atoms with Crippen LogP contribution >= 0.6 is 0 Å². The lowest BCUT2D eigenvalue weighted by atomic mass is 9.91. The van der Waals surface area contributed by atoms with E-state index in [9.17, 15) is 4.79 Å². The van der Waals surface area contributed by atoms with Crippen molar-refractivity contribution in [3.05, 3.63) is 86.0 Å². The van der Waals surface area contributed by atoms with Crippen LogP contribution in [0.5, 0.6) is 0 Å². The second-order valence-electron chi connectivity index (χ2n) is 14.8. The Morgan fingerprint density at radius 2 is 1.35 bits per heavy atom. The summed E-state index contributed by atoms with van der Waals surface area (Å²) in [6.07, 6.45) is -0.374. The van der Waals surface area contributed by atoms with Crippen LogP contribution in [0.25, 0.3) is 0 Å². The molecule has 9 nitrogen and oxygen atoms in total. The number of esters is 1. The zero-order valence-corrected chi connectivity index (χ0v) is 30.7. The summed E-state index contributed by atoms with van der Waals surface area (Å²) in [7, 11) is -2.99. The molecule has 3 fully saturated rings. The molecule has 0 unspecified atom stereocenters. The summed E-state index contributed by atoms with van der Waals surface area (Å²) >= 11 is 0. The molecule has 0 bridgehead atoms. The van der Waals surface area contributed by atoms with E-state index < -0.39 is 68.7 Å². The molecule has 0 N–H and O–H groups in total. The van der Waals surface area contributed by atoms with Crippen molar-refractivity contribution < 1.29 is 37.6 Å². The molecular formula is C38H53NO8Si. The normalized spacial score (nSPS) is 27.5. The Bertz CT molecular complexity index is 1360. The number of hydrogen-bond acceptors (Lipinski definition) is 9. The average molecular weight is 680 g/mol. The van der Waals surface area contributed by atoms with Gasteiger partial charge in [0.05, 0.1) is 12.6 Å². The van der Waals surface area contributed by atoms with Gasteiger partial charge in [-0.3, -0.25) is 9.69 Å². The third kappa shape index (κ3) is 7.41. The highest BCUT2D eigenvalue weighted by Gasteiger charge is 2.63. The first-order chi connectivity index (χ1) is 22.6. The summed E-state index contributed by atoms with van der Waals surface area (Å²) in [5.74, 6) is -2.27. The van der Waals surface area contributed by atoms with Gasteiger partial charge in [0.2, 0.25) is 0 Å². The van der Waals surface area contributed by atoms with Crippen LogP contribution < -0.4 is 10.4 Å². The number of carbonyl (C=O) groups is 1. The molecular weight excluding hydrogens is 627 g/mol. The molecule has 0 saturated carbocycles. The highest BCUT2D eigenvalue weighted by atomic mass is 28.4. The predicted octanol–water partition coefficient (Wildman–Crippen LogP) is 4.93. The third-order valence-corrected chi connectivity index (χ3v) is 14.3. The molecule has 262 valence electrons. The molecule has 3 heterocycles. The van der Waals surface area contributed by atoms with E-state index in [1.165, 1.54) is 6.92 Å². The molecule has 0 amide bonds. The van der Waals surface area contributed by atoms with E-state index in [1.807, 2.05) is 52.0 Å². The van der Waals surface area contributed by atoms with Gasteiger partial charge in [0.1, 0.15) is 30.5 Å². The van der Waals surface area contributed by atoms with Crippen molar-refractivity contribution in [3.63, 3.8) is 0 Å². The van der Waals surface area contributed by atoms with E-state index >= 15 is 0 Å². The van der Waals surface area contributed by atoms with Gasteiger partial charge in [-0.25, -0.2) is 0 Å². The summed E-state index contributed by atoms with van der Waals surface area (Å²) in [4.78, 5) is 15.2. The molecule has 3 saturated heterocycles. The quantitative estimate of drug-likeness (QED) is 0.166. The van der Waals surface area contributed by atoms with Crippen LogP contribution in [0, 0.1) is 0 Å². The zero-order valence-electron chi connectivity index (χ0n) is 29.7. The number of ether oxygens (including phenoxy) is 6. The van der Waals surface area contributed by atoms with Crippen molar-refractivity contribution in [1.82, 2.24) is 4.90 Å². The zero-order chi connectivity index (χ0) is 34.9. The maximum atomic E-state index is 13.0. The van der Waals surface area contributed by atoms with Crippen molar-refractivity contribution in [2.24, 2.45) is 0 Å². The van der Waals surface area contributed by atoms with Crippen LogP contribution in [0.2, 0.25) is 5.04 Å². The highest BCUT2D eigenvalue weighted by molar-refractivity contribution is 6.99. The summed E-state index contributed by atoms with van der Waals surface area (Å²) in [5.41, 5.74) is 0. The second kappa shape index (κ2) is 14.3. The Hall–Kier alpha value is -2.67. The number of rotatable bonds is 13. The monoisotopic (exact) mass is 679 g/mol. The first kappa shape index (κ1) is 36.6. The van der Waals surface area contributed by atoms with Crippen LogP contribution in [0.4, 0.5) is 0 Å². The van der Waals surface area contributed by atoms with Gasteiger partial charge in [0.15, 0.2) is 17.9 Å². The molecule has 0 spiro atoms. The highest BCUT2D eigenvalue weighted by Crippen LogP contribution is 2.46. The summed E-state index contributed by atoms with van der Waals surface area (Å²) in [5, 5.41) is 2.02. The van der Waals surface area contributed by atoms with Gasteiger partial charge in [-0.1, -0.05) is 93.6 Å². The minimum Gasteiger partial charge on any atom is -0.458 e. The smallest absolute Gasteiger partial charge is 0.303 e. The topological polar surface area (TPSA) is 84.9 Å². The molecule has 5 rings (SSSR count). The number of hydrogen-bond donors (Lipinski definition) is 0. The summed E-state index contributed by atoms with van der Waals surface area (Å²) in [6.45, 7) is 24.8. The molecule has 3 aliphatic rings. The van der Waals surface area contributed by atoms with Crippen LogP contribution in [0.3, 0.4) is 0 Å². The minimum atomic E-state index is -2.99. The first-order valence-corrected chi connectivity index (χ1v) is 18.8. The maximum Gasteiger partial charge on any atom is 0.303 e. The predicted molar refractivity (Wildman–Crippen MR) is 187 cm³/mol. The van der Waals surface area contributed by atoms with Crippen LogP contribution in [0.1, 0.15) is 55.4 Å². The fourth-order valence-corrected chi connectivity index (χ4v) is 12.1. The van der Waals surface area contributed by atoms with Gasteiger partial charge in [0.25, 0.3) is 8.32 Å². The maximum absolute atomic E-state index is 13.0. The Labute approximate surface area is 287 Å². The molecule has 7 atom stereocenters. The van der Waals surface area contributed by atoms with Crippen molar-refractivity contribution in [2.45, 2.75) is 115 Å². The Morgan fingerprint density at radius 3 is 1.85 bits per heavy atom. The van der Waals surface area contributed by atoms with Gasteiger partial charge < -0.3 is 32.8 Å². The van der Waals surface area contributed by atoms with E-state index in [1.54, 1.807) is 0 Å². The molecule has 3 aliphatic heterocycles. The van der Waals surface area contributed by atoms with Crippen molar-refractivity contribution in [2.75, 3.05) is 19.7 Å². The van der Waals surface area contributed by atoms with Gasteiger partial charge in [-0.05, 0) is 43.1 Å². The third-order valence-electron chi connectivity index (χ3n) is 9.28. The molecule has 0 aromatic heterocycles. The lowest BCUT2D eigenvalue weighted by Crippen LogP contribution is -2.69. The fraction of sp³-hybridized carbons (Fsp3) is 0.553. The van der Waals surface area contributed by atoms with Gasteiger partial charge in [0, 0.05) is 20.0 Å². The van der Waals surface area contributed by atoms with E-state index in [2.05, 4.69) is 87.4 Å². The van der Waals surface area contributed by atoms with Crippen LogP contribution in [-0.2, 0) is 37.6 Å². The fourth-order valence-electron chi connectivity index (χ4n) is 7.52. The van der Waals surface area contributed by atoms with E-state index in [0.29, 0.717) is 13.1 Å². The van der Waals surface area contributed by atoms with Crippen LogP contribution in [0.15, 0.2) is 86.0 Å². The molecule has 0 radical (unpaired) electrons. The minimum absolute atomic E-state index is 0.214. The standard InChI is InChI=1S/C38H53NO8Si/c1-11-23-39(24-12-2)29(25-41-48(36(4,5)6,27-19-15-13-16-20-27)28-21-17-14-18-22-28)30(42-26(3)40)31-32-33(45-37(7,8)44-32)34-35(43-31)47-38(9,10)46-34/h11-22,29-35H,1-2,23-25H2,3-10H3/t29-,30-,31+,32-,33-,34+,35+/m0/s1. The number of benzene rings is 2. The summed E-state index contributed by atoms with van der Waals surface area (Å²) in [6, 6.07) is 20.4. The van der Waals surface area contributed by atoms with Crippen molar-refractivity contribution in [1.29, 1.82) is 0 Å². The van der Waals surface area contributed by atoms with Gasteiger partial charge in [-0.15, -0.1) is 13.2 Å². The van der Waals surface area contributed by atoms with E-state index in [4.69, 9.17) is 32.8 Å². The number of nitrogens with zero attached hydrogens (tertiary/aromatic N) is 1. The van der Waals surface area contributed by atoms with Gasteiger partial charge >= 0.3 is 5.97 Å². The molecule has 48 heavy (non-hydrogen) atoms. The van der Waals surface area contributed by atoms with E-state index in [-0.39, 0.29) is 11.6 Å². The molecule has 10 heteroatoms. The van der Waals surface area contributed by atoms with Crippen LogP contribution in [-0.4, -0.2) is 93.3 Å². The molecule has 0 aliphatic carbocycles. The molecule has 2 aromatic rings. The molecule has 2 aromatic carbocycles. The average Bonchev–Trinajstić information content (AvgIpc) is 3.52. The first-order valence-electron chi connectivity index (χ1n) is 16.9.